The molecular formula is C35H38ClN3O4S. The lowest BCUT2D eigenvalue weighted by Gasteiger charge is -2.34. The zero-order valence-corrected chi connectivity index (χ0v) is 26.8. The standard InChI is InChI=1S/C35H38ClN3O4S/c1-4-27-19-21-30(22-20-27)39(44(42,43)31-16-9-6-10-17-31)25-34(40)38(24-29-15-11-12-18-32(29)36)33(35(41)37-26(2)3)23-28-13-7-5-8-14-28/h5-22,26,33H,4,23-25H2,1-3H3,(H,37,41)/t33-/m1/s1. The van der Waals surface area contributed by atoms with Crippen LogP contribution in [0.15, 0.2) is 114 Å². The Labute approximate surface area is 265 Å². The van der Waals surface area contributed by atoms with Gasteiger partial charge in [0.05, 0.1) is 10.6 Å². The van der Waals surface area contributed by atoms with Gasteiger partial charge in [0.1, 0.15) is 12.6 Å². The molecule has 44 heavy (non-hydrogen) atoms. The number of carbonyl (C=O) groups excluding carboxylic acids is 2. The monoisotopic (exact) mass is 631 g/mol. The third kappa shape index (κ3) is 8.27. The molecule has 0 saturated heterocycles. The van der Waals surface area contributed by atoms with Crippen molar-refractivity contribution in [3.05, 3.63) is 131 Å². The van der Waals surface area contributed by atoms with Crippen LogP contribution >= 0.6 is 11.6 Å². The van der Waals surface area contributed by atoms with E-state index in [-0.39, 0.29) is 29.8 Å². The van der Waals surface area contributed by atoms with Crippen LogP contribution in [0.2, 0.25) is 5.02 Å². The van der Waals surface area contributed by atoms with E-state index in [9.17, 15) is 18.0 Å². The number of nitrogens with one attached hydrogen (secondary N) is 1. The number of benzene rings is 4. The predicted molar refractivity (Wildman–Crippen MR) is 176 cm³/mol. The summed E-state index contributed by atoms with van der Waals surface area (Å²) in [4.78, 5) is 29.7. The van der Waals surface area contributed by atoms with Crippen molar-refractivity contribution in [2.24, 2.45) is 0 Å². The first kappa shape index (κ1) is 32.8. The van der Waals surface area contributed by atoms with Crippen molar-refractivity contribution in [1.82, 2.24) is 10.2 Å². The minimum absolute atomic E-state index is 0.00944. The molecule has 0 unspecified atom stereocenters. The highest BCUT2D eigenvalue weighted by Gasteiger charge is 2.35. The molecule has 1 N–H and O–H groups in total. The molecule has 0 aromatic heterocycles. The molecule has 0 aliphatic heterocycles. The average Bonchev–Trinajstić information content (AvgIpc) is 3.03. The molecule has 0 fully saturated rings. The van der Waals surface area contributed by atoms with Gasteiger partial charge in [-0.05, 0) is 67.3 Å². The van der Waals surface area contributed by atoms with Gasteiger partial charge in [0.15, 0.2) is 0 Å². The molecule has 9 heteroatoms. The van der Waals surface area contributed by atoms with Crippen LogP contribution in [0, 0.1) is 0 Å². The average molecular weight is 632 g/mol. The Balaban J connectivity index is 1.81. The number of amides is 2. The minimum atomic E-state index is -4.15. The second-order valence-corrected chi connectivity index (χ2v) is 13.1. The third-order valence-electron chi connectivity index (χ3n) is 7.24. The summed E-state index contributed by atoms with van der Waals surface area (Å²) in [5.74, 6) is -0.877. The number of carbonyl (C=O) groups is 2. The van der Waals surface area contributed by atoms with Gasteiger partial charge in [0, 0.05) is 24.0 Å². The van der Waals surface area contributed by atoms with E-state index in [0.717, 1.165) is 21.9 Å². The van der Waals surface area contributed by atoms with Crippen LogP contribution in [0.3, 0.4) is 0 Å². The van der Waals surface area contributed by atoms with E-state index < -0.39 is 28.5 Å². The molecule has 230 valence electrons. The molecule has 2 amide bonds. The maximum absolute atomic E-state index is 14.5. The highest BCUT2D eigenvalue weighted by molar-refractivity contribution is 7.92. The molecular weight excluding hydrogens is 594 g/mol. The van der Waals surface area contributed by atoms with Crippen molar-refractivity contribution < 1.29 is 18.0 Å². The maximum atomic E-state index is 14.5. The molecule has 0 aliphatic carbocycles. The van der Waals surface area contributed by atoms with Crippen molar-refractivity contribution in [2.75, 3.05) is 10.8 Å². The molecule has 7 nitrogen and oxygen atoms in total. The fourth-order valence-electron chi connectivity index (χ4n) is 4.89. The summed E-state index contributed by atoms with van der Waals surface area (Å²) in [6, 6.07) is 30.6. The Bertz CT molecular complexity index is 1650. The van der Waals surface area contributed by atoms with Gasteiger partial charge in [0.25, 0.3) is 10.0 Å². The quantitative estimate of drug-likeness (QED) is 0.189. The van der Waals surface area contributed by atoms with Gasteiger partial charge >= 0.3 is 0 Å². The van der Waals surface area contributed by atoms with Crippen molar-refractivity contribution in [3.8, 4) is 0 Å². The highest BCUT2D eigenvalue weighted by Crippen LogP contribution is 2.26. The minimum Gasteiger partial charge on any atom is -0.352 e. The fourth-order valence-corrected chi connectivity index (χ4v) is 6.52. The molecule has 0 aliphatic rings. The van der Waals surface area contributed by atoms with Gasteiger partial charge in [-0.15, -0.1) is 0 Å². The van der Waals surface area contributed by atoms with Gasteiger partial charge in [-0.3, -0.25) is 13.9 Å². The first-order chi connectivity index (χ1) is 21.1. The summed E-state index contributed by atoms with van der Waals surface area (Å²) >= 11 is 6.54. The Hall–Kier alpha value is -4.14. The zero-order chi connectivity index (χ0) is 31.7. The largest absolute Gasteiger partial charge is 0.352 e. The maximum Gasteiger partial charge on any atom is 0.264 e. The SMILES string of the molecule is CCc1ccc(N(CC(=O)N(Cc2ccccc2Cl)[C@H](Cc2ccccc2)C(=O)NC(C)C)S(=O)(=O)c2ccccc2)cc1. The number of anilines is 1. The summed E-state index contributed by atoms with van der Waals surface area (Å²) in [5, 5.41) is 3.40. The number of hydrogen-bond acceptors (Lipinski definition) is 4. The molecule has 4 aromatic rings. The van der Waals surface area contributed by atoms with E-state index >= 15 is 0 Å². The van der Waals surface area contributed by atoms with Crippen molar-refractivity contribution in [3.63, 3.8) is 0 Å². The highest BCUT2D eigenvalue weighted by atomic mass is 35.5. The van der Waals surface area contributed by atoms with Crippen LogP contribution in [-0.2, 0) is 39.0 Å². The Morgan fingerprint density at radius 3 is 1.98 bits per heavy atom. The number of halogens is 1. The Morgan fingerprint density at radius 2 is 1.39 bits per heavy atom. The smallest absolute Gasteiger partial charge is 0.264 e. The lowest BCUT2D eigenvalue weighted by atomic mass is 10.0. The molecule has 0 heterocycles. The van der Waals surface area contributed by atoms with E-state index in [1.165, 1.54) is 17.0 Å². The first-order valence-electron chi connectivity index (χ1n) is 14.6. The van der Waals surface area contributed by atoms with Crippen LogP contribution in [0.4, 0.5) is 5.69 Å². The topological polar surface area (TPSA) is 86.8 Å². The lowest BCUT2D eigenvalue weighted by Crippen LogP contribution is -2.54. The summed E-state index contributed by atoms with van der Waals surface area (Å²) in [6.07, 6.45) is 1.01. The number of aryl methyl sites for hydroxylation is 1. The summed E-state index contributed by atoms with van der Waals surface area (Å²) < 4.78 is 29.2. The van der Waals surface area contributed by atoms with Crippen LogP contribution in [0.1, 0.15) is 37.5 Å². The molecule has 0 bridgehead atoms. The van der Waals surface area contributed by atoms with Gasteiger partial charge in [0.2, 0.25) is 11.8 Å². The van der Waals surface area contributed by atoms with Crippen LogP contribution < -0.4 is 9.62 Å². The first-order valence-corrected chi connectivity index (χ1v) is 16.5. The van der Waals surface area contributed by atoms with Crippen molar-refractivity contribution >= 4 is 39.1 Å². The Morgan fingerprint density at radius 1 is 0.795 bits per heavy atom. The van der Waals surface area contributed by atoms with Gasteiger partial charge < -0.3 is 10.2 Å². The second kappa shape index (κ2) is 15.0. The van der Waals surface area contributed by atoms with Crippen LogP contribution in [0.5, 0.6) is 0 Å². The van der Waals surface area contributed by atoms with Gasteiger partial charge in [-0.25, -0.2) is 8.42 Å². The number of nitrogens with zero attached hydrogens (tertiary/aromatic N) is 2. The lowest BCUT2D eigenvalue weighted by molar-refractivity contribution is -0.140. The summed E-state index contributed by atoms with van der Waals surface area (Å²) in [5.41, 5.74) is 2.88. The van der Waals surface area contributed by atoms with Gasteiger partial charge in [-0.1, -0.05) is 97.4 Å². The summed E-state index contributed by atoms with van der Waals surface area (Å²) in [6.45, 7) is 5.21. The normalized spacial score (nSPS) is 12.0. The predicted octanol–water partition coefficient (Wildman–Crippen LogP) is 6.26. The number of sulfonamides is 1. The Kier molecular flexibility index (Phi) is 11.2. The molecule has 0 radical (unpaired) electrons. The number of rotatable bonds is 13. The van der Waals surface area contributed by atoms with Crippen molar-refractivity contribution in [1.29, 1.82) is 0 Å². The van der Waals surface area contributed by atoms with E-state index in [1.54, 1.807) is 48.5 Å². The van der Waals surface area contributed by atoms with Crippen LogP contribution in [-0.4, -0.2) is 43.8 Å². The molecule has 1 atom stereocenters. The molecule has 4 aromatic carbocycles. The van der Waals surface area contributed by atoms with Crippen LogP contribution in [0.25, 0.3) is 0 Å². The second-order valence-electron chi connectivity index (χ2n) is 10.8. The molecule has 4 rings (SSSR count). The summed E-state index contributed by atoms with van der Waals surface area (Å²) in [7, 11) is -4.15. The molecule has 0 saturated carbocycles. The fraction of sp³-hybridized carbons (Fsp3) is 0.257. The molecule has 0 spiro atoms. The number of hydrogen-bond donors (Lipinski definition) is 1. The third-order valence-corrected chi connectivity index (χ3v) is 9.40. The van der Waals surface area contributed by atoms with E-state index in [2.05, 4.69) is 5.32 Å². The van der Waals surface area contributed by atoms with E-state index in [4.69, 9.17) is 11.6 Å². The zero-order valence-electron chi connectivity index (χ0n) is 25.2. The van der Waals surface area contributed by atoms with Crippen molar-refractivity contribution in [2.45, 2.75) is 57.1 Å². The van der Waals surface area contributed by atoms with E-state index in [0.29, 0.717) is 16.3 Å². The van der Waals surface area contributed by atoms with E-state index in [1.807, 2.05) is 69.3 Å². The van der Waals surface area contributed by atoms with Gasteiger partial charge in [-0.2, -0.15) is 0 Å².